The topological polar surface area (TPSA) is 49.4 Å². The first kappa shape index (κ1) is 14.3. The van der Waals surface area contributed by atoms with Crippen LogP contribution >= 0.6 is 0 Å². The number of piperidine rings is 1. The summed E-state index contributed by atoms with van der Waals surface area (Å²) in [5.41, 5.74) is 0. The molecule has 2 rings (SSSR count). The van der Waals surface area contributed by atoms with Crippen molar-refractivity contribution in [1.29, 1.82) is 0 Å². The monoisotopic (exact) mass is 274 g/mol. The van der Waals surface area contributed by atoms with E-state index in [1.54, 1.807) is 0 Å². The highest BCUT2D eigenvalue weighted by molar-refractivity contribution is 7.91. The second-order valence-corrected chi connectivity index (χ2v) is 8.16. The molecule has 3 unspecified atom stereocenters. The van der Waals surface area contributed by atoms with Crippen LogP contribution in [0.15, 0.2) is 0 Å². The largest absolute Gasteiger partial charge is 0.314 e. The van der Waals surface area contributed by atoms with Crippen molar-refractivity contribution in [3.05, 3.63) is 0 Å². The van der Waals surface area contributed by atoms with E-state index >= 15 is 0 Å². The fourth-order valence-corrected chi connectivity index (χ4v) is 4.92. The highest BCUT2D eigenvalue weighted by atomic mass is 32.2. The Kier molecular flexibility index (Phi) is 4.67. The second-order valence-electron chi connectivity index (χ2n) is 5.93. The summed E-state index contributed by atoms with van der Waals surface area (Å²) in [6, 6.07) is 1.27. The summed E-state index contributed by atoms with van der Waals surface area (Å²) in [7, 11) is -2.79. The summed E-state index contributed by atoms with van der Waals surface area (Å²) in [5.74, 6) is 0.662. The Balaban J connectivity index is 1.86. The predicted octanol–water partition coefficient (Wildman–Crippen LogP) is 1.03. The lowest BCUT2D eigenvalue weighted by Gasteiger charge is -2.39. The minimum absolute atomic E-state index is 0.169. The van der Waals surface area contributed by atoms with Crippen LogP contribution in [0.2, 0.25) is 0 Å². The molecule has 18 heavy (non-hydrogen) atoms. The molecule has 2 aliphatic rings. The number of sulfone groups is 1. The molecule has 0 saturated carbocycles. The maximum Gasteiger partial charge on any atom is 0.153 e. The van der Waals surface area contributed by atoms with E-state index in [0.29, 0.717) is 30.1 Å². The Morgan fingerprint density at radius 1 is 1.39 bits per heavy atom. The fourth-order valence-electron chi connectivity index (χ4n) is 3.34. The Morgan fingerprint density at radius 3 is 2.78 bits per heavy atom. The molecule has 0 amide bonds. The number of hydrogen-bond acceptors (Lipinski definition) is 4. The lowest BCUT2D eigenvalue weighted by Crippen LogP contribution is -2.52. The molecule has 0 spiro atoms. The zero-order valence-corrected chi connectivity index (χ0v) is 12.4. The van der Waals surface area contributed by atoms with E-state index in [4.69, 9.17) is 0 Å². The first-order valence-electron chi connectivity index (χ1n) is 7.17. The van der Waals surface area contributed by atoms with Crippen LogP contribution in [-0.4, -0.2) is 56.0 Å². The molecule has 3 atom stereocenters. The molecular weight excluding hydrogens is 248 g/mol. The summed E-state index contributed by atoms with van der Waals surface area (Å²) in [6.45, 7) is 6.13. The van der Waals surface area contributed by atoms with E-state index in [-0.39, 0.29) is 6.04 Å². The average Bonchev–Trinajstić information content (AvgIpc) is 2.28. The lowest BCUT2D eigenvalue weighted by molar-refractivity contribution is 0.146. The SMILES string of the molecule is CC(CC1CCCCN1)N1CCS(=O)(=O)CC1C. The van der Waals surface area contributed by atoms with Gasteiger partial charge in [-0.05, 0) is 39.7 Å². The van der Waals surface area contributed by atoms with Gasteiger partial charge in [-0.1, -0.05) is 6.42 Å². The molecule has 2 saturated heterocycles. The van der Waals surface area contributed by atoms with Gasteiger partial charge in [-0.15, -0.1) is 0 Å². The van der Waals surface area contributed by atoms with Gasteiger partial charge in [-0.2, -0.15) is 0 Å². The van der Waals surface area contributed by atoms with Crippen molar-refractivity contribution >= 4 is 9.84 Å². The second kappa shape index (κ2) is 5.88. The molecule has 0 aromatic rings. The molecule has 1 N–H and O–H groups in total. The van der Waals surface area contributed by atoms with Crippen LogP contribution < -0.4 is 5.32 Å². The number of hydrogen-bond donors (Lipinski definition) is 1. The lowest BCUT2D eigenvalue weighted by atomic mass is 9.97. The zero-order chi connectivity index (χ0) is 13.2. The van der Waals surface area contributed by atoms with Crippen LogP contribution in [0, 0.1) is 0 Å². The summed E-state index contributed by atoms with van der Waals surface area (Å²) in [6.07, 6.45) is 5.03. The normalized spacial score (nSPS) is 35.2. The van der Waals surface area contributed by atoms with Gasteiger partial charge in [0.2, 0.25) is 0 Å². The summed E-state index contributed by atoms with van der Waals surface area (Å²) < 4.78 is 23.2. The van der Waals surface area contributed by atoms with Gasteiger partial charge in [0.25, 0.3) is 0 Å². The van der Waals surface area contributed by atoms with Crippen molar-refractivity contribution in [2.24, 2.45) is 0 Å². The molecule has 106 valence electrons. The van der Waals surface area contributed by atoms with Crippen LogP contribution in [0.25, 0.3) is 0 Å². The molecule has 2 aliphatic heterocycles. The first-order valence-corrected chi connectivity index (χ1v) is 8.99. The third kappa shape index (κ3) is 3.68. The molecule has 0 bridgehead atoms. The van der Waals surface area contributed by atoms with Crippen LogP contribution in [0.1, 0.15) is 39.5 Å². The van der Waals surface area contributed by atoms with E-state index < -0.39 is 9.84 Å². The average molecular weight is 274 g/mol. The van der Waals surface area contributed by atoms with Crippen LogP contribution in [0.5, 0.6) is 0 Å². The number of nitrogens with one attached hydrogen (secondary N) is 1. The van der Waals surface area contributed by atoms with Gasteiger partial charge in [-0.25, -0.2) is 8.42 Å². The highest BCUT2D eigenvalue weighted by Crippen LogP contribution is 2.20. The van der Waals surface area contributed by atoms with Gasteiger partial charge in [0.05, 0.1) is 11.5 Å². The minimum atomic E-state index is -2.79. The van der Waals surface area contributed by atoms with Crippen molar-refractivity contribution in [3.63, 3.8) is 0 Å². The van der Waals surface area contributed by atoms with Gasteiger partial charge in [-0.3, -0.25) is 4.90 Å². The fraction of sp³-hybridized carbons (Fsp3) is 1.00. The summed E-state index contributed by atoms with van der Waals surface area (Å²) >= 11 is 0. The standard InChI is InChI=1S/C13H26N2O2S/c1-11(9-13-5-3-4-6-14-13)15-7-8-18(16,17)10-12(15)2/h11-14H,3-10H2,1-2H3. The smallest absolute Gasteiger partial charge is 0.153 e. The van der Waals surface area contributed by atoms with Crippen molar-refractivity contribution in [2.45, 2.75) is 57.7 Å². The zero-order valence-electron chi connectivity index (χ0n) is 11.6. The van der Waals surface area contributed by atoms with Gasteiger partial charge in [0.15, 0.2) is 9.84 Å². The molecule has 0 radical (unpaired) electrons. The van der Waals surface area contributed by atoms with E-state index in [1.165, 1.54) is 19.3 Å². The van der Waals surface area contributed by atoms with Crippen molar-refractivity contribution < 1.29 is 8.42 Å². The molecule has 0 aromatic carbocycles. The van der Waals surface area contributed by atoms with Gasteiger partial charge < -0.3 is 5.32 Å². The molecule has 4 nitrogen and oxygen atoms in total. The Bertz CT molecular complexity index is 363. The van der Waals surface area contributed by atoms with Crippen LogP contribution in [0.4, 0.5) is 0 Å². The van der Waals surface area contributed by atoms with Crippen molar-refractivity contribution in [1.82, 2.24) is 10.2 Å². The molecule has 2 heterocycles. The third-order valence-corrected chi connectivity index (χ3v) is 6.12. The third-order valence-electron chi connectivity index (χ3n) is 4.33. The Hall–Kier alpha value is -0.130. The Morgan fingerprint density at radius 2 is 2.17 bits per heavy atom. The Labute approximate surface area is 111 Å². The van der Waals surface area contributed by atoms with Gasteiger partial charge in [0.1, 0.15) is 0 Å². The van der Waals surface area contributed by atoms with Gasteiger partial charge >= 0.3 is 0 Å². The van der Waals surface area contributed by atoms with Crippen molar-refractivity contribution in [2.75, 3.05) is 24.6 Å². The maximum absolute atomic E-state index is 11.6. The van der Waals surface area contributed by atoms with E-state index in [0.717, 1.165) is 13.0 Å². The minimum Gasteiger partial charge on any atom is -0.314 e. The predicted molar refractivity (Wildman–Crippen MR) is 74.5 cm³/mol. The molecule has 2 fully saturated rings. The molecular formula is C13H26N2O2S. The highest BCUT2D eigenvalue weighted by Gasteiger charge is 2.31. The van der Waals surface area contributed by atoms with Crippen molar-refractivity contribution in [3.8, 4) is 0 Å². The van der Waals surface area contributed by atoms with Crippen LogP contribution in [-0.2, 0) is 9.84 Å². The first-order chi connectivity index (χ1) is 8.48. The van der Waals surface area contributed by atoms with Gasteiger partial charge in [0, 0.05) is 24.7 Å². The number of nitrogens with zero attached hydrogens (tertiary/aromatic N) is 1. The quantitative estimate of drug-likeness (QED) is 0.835. The molecule has 0 aliphatic carbocycles. The van der Waals surface area contributed by atoms with E-state index in [9.17, 15) is 8.42 Å². The maximum atomic E-state index is 11.6. The number of rotatable bonds is 3. The van der Waals surface area contributed by atoms with E-state index in [2.05, 4.69) is 17.1 Å². The summed E-state index contributed by atoms with van der Waals surface area (Å²) in [5, 5.41) is 3.58. The van der Waals surface area contributed by atoms with E-state index in [1.807, 2.05) is 6.92 Å². The summed E-state index contributed by atoms with van der Waals surface area (Å²) in [4.78, 5) is 2.37. The molecule has 0 aromatic heterocycles. The van der Waals surface area contributed by atoms with Crippen LogP contribution in [0.3, 0.4) is 0 Å². The molecule has 5 heteroatoms.